The number of rotatable bonds is 9. The van der Waals surface area contributed by atoms with Gasteiger partial charge in [-0.15, -0.1) is 0 Å². The number of ether oxygens (including phenoxy) is 1. The highest BCUT2D eigenvalue weighted by Gasteiger charge is 2.17. The Morgan fingerprint density at radius 3 is 2.39 bits per heavy atom. The molecule has 0 bridgehead atoms. The molecule has 36 heavy (non-hydrogen) atoms. The number of aromatic nitrogens is 3. The number of unbranched alkanes of at least 4 members (excludes halogenated alkanes) is 1. The van der Waals surface area contributed by atoms with E-state index >= 15 is 0 Å². The molecule has 2 aromatic heterocycles. The van der Waals surface area contributed by atoms with E-state index in [1.807, 2.05) is 26.0 Å². The standard InChI is InChI=1S/C29H35N5OS/c1-21-18-22(2)32-29(31-21)36-26-10-7-24(8-11-26)34-16-14-33(15-17-34)13-5-4-6-23-20-30-28-12-9-25(35-3)19-27(23)28/h7-12,18-20,30H,4-6,13-17H2,1-3H3. The Hall–Kier alpha value is -3.03. The van der Waals surface area contributed by atoms with Gasteiger partial charge in [-0.2, -0.15) is 0 Å². The number of hydrogen-bond donors (Lipinski definition) is 1. The summed E-state index contributed by atoms with van der Waals surface area (Å²) in [6, 6.07) is 17.1. The average molecular weight is 502 g/mol. The molecule has 0 amide bonds. The number of hydrogen-bond acceptors (Lipinski definition) is 6. The Kier molecular flexibility index (Phi) is 7.78. The lowest BCUT2D eigenvalue weighted by molar-refractivity contribution is 0.253. The summed E-state index contributed by atoms with van der Waals surface area (Å²) in [4.78, 5) is 18.8. The van der Waals surface area contributed by atoms with E-state index in [0.717, 1.165) is 54.9 Å². The van der Waals surface area contributed by atoms with E-state index in [1.165, 1.54) is 46.4 Å². The molecule has 3 heterocycles. The first kappa shape index (κ1) is 24.7. The maximum absolute atomic E-state index is 5.40. The molecule has 1 saturated heterocycles. The Balaban J connectivity index is 1.06. The normalized spacial score (nSPS) is 14.5. The van der Waals surface area contributed by atoms with Crippen molar-refractivity contribution in [1.82, 2.24) is 19.9 Å². The molecule has 7 heteroatoms. The fourth-order valence-electron chi connectivity index (χ4n) is 4.94. The molecule has 1 N–H and O–H groups in total. The minimum Gasteiger partial charge on any atom is -0.497 e. The van der Waals surface area contributed by atoms with Crippen LogP contribution in [0.3, 0.4) is 0 Å². The van der Waals surface area contributed by atoms with Crippen LogP contribution in [0.25, 0.3) is 10.9 Å². The van der Waals surface area contributed by atoms with Crippen LogP contribution in [0.2, 0.25) is 0 Å². The fourth-order valence-corrected chi connectivity index (χ4v) is 5.80. The number of nitrogens with one attached hydrogen (secondary N) is 1. The van der Waals surface area contributed by atoms with Crippen LogP contribution in [0, 0.1) is 13.8 Å². The lowest BCUT2D eigenvalue weighted by Crippen LogP contribution is -2.46. The molecule has 0 aliphatic carbocycles. The van der Waals surface area contributed by atoms with E-state index < -0.39 is 0 Å². The van der Waals surface area contributed by atoms with Crippen molar-refractivity contribution >= 4 is 28.4 Å². The summed E-state index contributed by atoms with van der Waals surface area (Å²) in [5, 5.41) is 2.10. The molecule has 0 saturated carbocycles. The fraction of sp³-hybridized carbons (Fsp3) is 0.379. The third-order valence-corrected chi connectivity index (χ3v) is 7.76. The maximum Gasteiger partial charge on any atom is 0.192 e. The molecule has 0 unspecified atom stereocenters. The van der Waals surface area contributed by atoms with Crippen LogP contribution < -0.4 is 9.64 Å². The second-order valence-electron chi connectivity index (χ2n) is 9.54. The van der Waals surface area contributed by atoms with Gasteiger partial charge < -0.3 is 14.6 Å². The molecule has 6 nitrogen and oxygen atoms in total. The van der Waals surface area contributed by atoms with E-state index in [-0.39, 0.29) is 0 Å². The molecule has 1 aliphatic heterocycles. The molecule has 0 spiro atoms. The van der Waals surface area contributed by atoms with Gasteiger partial charge in [0.1, 0.15) is 5.75 Å². The molecule has 5 rings (SSSR count). The summed E-state index contributed by atoms with van der Waals surface area (Å²) >= 11 is 1.63. The van der Waals surface area contributed by atoms with Gasteiger partial charge in [-0.25, -0.2) is 9.97 Å². The number of nitrogens with zero attached hydrogens (tertiary/aromatic N) is 4. The van der Waals surface area contributed by atoms with Crippen LogP contribution in [0.15, 0.2) is 64.8 Å². The van der Waals surface area contributed by atoms with Crippen molar-refractivity contribution in [3.8, 4) is 5.75 Å². The van der Waals surface area contributed by atoms with Gasteiger partial charge in [-0.3, -0.25) is 4.90 Å². The predicted octanol–water partition coefficient (Wildman–Crippen LogP) is 5.88. The lowest BCUT2D eigenvalue weighted by Gasteiger charge is -2.36. The molecule has 1 aliphatic rings. The van der Waals surface area contributed by atoms with Crippen LogP contribution in [0.1, 0.15) is 29.8 Å². The monoisotopic (exact) mass is 501 g/mol. The molecule has 1 fully saturated rings. The van der Waals surface area contributed by atoms with E-state index in [9.17, 15) is 0 Å². The summed E-state index contributed by atoms with van der Waals surface area (Å²) in [7, 11) is 1.73. The molecule has 2 aromatic carbocycles. The maximum atomic E-state index is 5.40. The molecular formula is C29H35N5OS. The highest BCUT2D eigenvalue weighted by Crippen LogP contribution is 2.28. The first-order valence-electron chi connectivity index (χ1n) is 12.8. The van der Waals surface area contributed by atoms with Gasteiger partial charge in [-0.1, -0.05) is 0 Å². The van der Waals surface area contributed by atoms with Crippen molar-refractivity contribution in [2.24, 2.45) is 0 Å². The molecule has 0 atom stereocenters. The molecule has 0 radical (unpaired) electrons. The van der Waals surface area contributed by atoms with Crippen LogP contribution in [0.4, 0.5) is 5.69 Å². The lowest BCUT2D eigenvalue weighted by atomic mass is 10.1. The predicted molar refractivity (Wildman–Crippen MR) is 149 cm³/mol. The number of methoxy groups -OCH3 is 1. The van der Waals surface area contributed by atoms with Gasteiger partial charge in [0.25, 0.3) is 0 Å². The number of piperazine rings is 1. The average Bonchev–Trinajstić information content (AvgIpc) is 3.29. The number of aromatic amines is 1. The van der Waals surface area contributed by atoms with E-state index in [1.54, 1.807) is 18.9 Å². The largest absolute Gasteiger partial charge is 0.497 e. The first-order chi connectivity index (χ1) is 17.6. The zero-order valence-corrected chi connectivity index (χ0v) is 22.3. The van der Waals surface area contributed by atoms with E-state index in [4.69, 9.17) is 4.74 Å². The summed E-state index contributed by atoms with van der Waals surface area (Å²) in [5.74, 6) is 0.921. The Morgan fingerprint density at radius 1 is 0.917 bits per heavy atom. The number of anilines is 1. The van der Waals surface area contributed by atoms with Crippen molar-refractivity contribution in [2.45, 2.75) is 43.2 Å². The summed E-state index contributed by atoms with van der Waals surface area (Å²) in [5.41, 5.74) is 5.90. The summed E-state index contributed by atoms with van der Waals surface area (Å²) < 4.78 is 5.40. The second-order valence-corrected chi connectivity index (χ2v) is 10.6. The van der Waals surface area contributed by atoms with Crippen molar-refractivity contribution in [3.05, 3.63) is 71.7 Å². The van der Waals surface area contributed by atoms with Crippen LogP contribution in [-0.4, -0.2) is 59.7 Å². The van der Waals surface area contributed by atoms with E-state index in [2.05, 4.69) is 67.3 Å². The van der Waals surface area contributed by atoms with E-state index in [0.29, 0.717) is 0 Å². The summed E-state index contributed by atoms with van der Waals surface area (Å²) in [6.07, 6.45) is 5.68. The zero-order chi connectivity index (χ0) is 24.9. The van der Waals surface area contributed by atoms with Crippen molar-refractivity contribution in [1.29, 1.82) is 0 Å². The summed E-state index contributed by atoms with van der Waals surface area (Å²) in [6.45, 7) is 9.61. The zero-order valence-electron chi connectivity index (χ0n) is 21.5. The van der Waals surface area contributed by atoms with Gasteiger partial charge in [-0.05, 0) is 106 Å². The topological polar surface area (TPSA) is 57.3 Å². The van der Waals surface area contributed by atoms with Gasteiger partial charge >= 0.3 is 0 Å². The Morgan fingerprint density at radius 2 is 1.67 bits per heavy atom. The molecule has 188 valence electrons. The second kappa shape index (κ2) is 11.4. The smallest absolute Gasteiger partial charge is 0.192 e. The number of fused-ring (bicyclic) bond motifs is 1. The van der Waals surface area contributed by atoms with Crippen LogP contribution in [0.5, 0.6) is 5.75 Å². The van der Waals surface area contributed by atoms with Gasteiger partial charge in [0.2, 0.25) is 0 Å². The van der Waals surface area contributed by atoms with Crippen LogP contribution >= 0.6 is 11.8 Å². The highest BCUT2D eigenvalue weighted by atomic mass is 32.2. The minimum absolute atomic E-state index is 0.818. The van der Waals surface area contributed by atoms with Crippen LogP contribution in [-0.2, 0) is 6.42 Å². The third kappa shape index (κ3) is 6.02. The third-order valence-electron chi connectivity index (χ3n) is 6.89. The Labute approximate surface area is 218 Å². The number of H-pyrrole nitrogens is 1. The van der Waals surface area contributed by atoms with Crippen molar-refractivity contribution in [3.63, 3.8) is 0 Å². The highest BCUT2D eigenvalue weighted by molar-refractivity contribution is 7.99. The SMILES string of the molecule is COc1ccc2[nH]cc(CCCCN3CCN(c4ccc(Sc5nc(C)cc(C)n5)cc4)CC3)c2c1. The minimum atomic E-state index is 0.818. The molecule has 4 aromatic rings. The Bertz CT molecular complexity index is 1270. The first-order valence-corrected chi connectivity index (χ1v) is 13.6. The van der Waals surface area contributed by atoms with Crippen molar-refractivity contribution < 1.29 is 4.74 Å². The quantitative estimate of drug-likeness (QED) is 0.228. The van der Waals surface area contributed by atoms with Gasteiger partial charge in [0, 0.05) is 65.2 Å². The molecular weight excluding hydrogens is 466 g/mol. The number of benzene rings is 2. The number of aryl methyl sites for hydroxylation is 3. The van der Waals surface area contributed by atoms with Gasteiger partial charge in [0.05, 0.1) is 7.11 Å². The van der Waals surface area contributed by atoms with Crippen molar-refractivity contribution in [2.75, 3.05) is 44.7 Å². The van der Waals surface area contributed by atoms with Gasteiger partial charge in [0.15, 0.2) is 5.16 Å².